The van der Waals surface area contributed by atoms with Crippen LogP contribution in [0.1, 0.15) is 47.7 Å². The number of aryl methyl sites for hydroxylation is 1. The van der Waals surface area contributed by atoms with Crippen LogP contribution in [0.5, 0.6) is 0 Å². The van der Waals surface area contributed by atoms with Crippen LogP contribution in [-0.4, -0.2) is 54.2 Å². The third-order valence-corrected chi connectivity index (χ3v) is 7.01. The van der Waals surface area contributed by atoms with Gasteiger partial charge in [0.15, 0.2) is 0 Å². The molecule has 1 aromatic heterocycles. The Morgan fingerprint density at radius 3 is 2.61 bits per heavy atom. The molecule has 1 atom stereocenters. The number of hydrogen-bond acceptors (Lipinski definition) is 5. The van der Waals surface area contributed by atoms with E-state index in [0.717, 1.165) is 35.4 Å². The first-order chi connectivity index (χ1) is 15.1. The largest absolute Gasteiger partial charge is 0.383 e. The van der Waals surface area contributed by atoms with Gasteiger partial charge >= 0.3 is 0 Å². The average molecular weight is 440 g/mol. The molecule has 0 spiro atoms. The van der Waals surface area contributed by atoms with Crippen molar-refractivity contribution in [1.82, 2.24) is 9.91 Å². The summed E-state index contributed by atoms with van der Waals surface area (Å²) >= 11 is 1.63. The molecule has 1 aromatic carbocycles. The molecule has 31 heavy (non-hydrogen) atoms. The Morgan fingerprint density at radius 1 is 1.23 bits per heavy atom. The first-order valence-electron chi connectivity index (χ1n) is 10.8. The lowest BCUT2D eigenvalue weighted by Crippen LogP contribution is -2.46. The highest BCUT2D eigenvalue weighted by atomic mass is 32.1. The van der Waals surface area contributed by atoms with Crippen LogP contribution in [0.25, 0.3) is 0 Å². The van der Waals surface area contributed by atoms with E-state index in [1.807, 2.05) is 17.5 Å². The van der Waals surface area contributed by atoms with Crippen LogP contribution >= 0.6 is 11.3 Å². The quantitative estimate of drug-likeness (QED) is 0.624. The summed E-state index contributed by atoms with van der Waals surface area (Å²) in [7, 11) is 1.61. The predicted molar refractivity (Wildman–Crippen MR) is 122 cm³/mol. The van der Waals surface area contributed by atoms with Gasteiger partial charge in [0.05, 0.1) is 23.2 Å². The summed E-state index contributed by atoms with van der Waals surface area (Å²) in [5.41, 5.74) is 3.15. The fourth-order valence-corrected chi connectivity index (χ4v) is 4.72. The molecular formula is C24H29N3O3S. The monoisotopic (exact) mass is 439 g/mol. The molecule has 1 saturated carbocycles. The molecule has 0 N–H and O–H groups in total. The number of benzene rings is 1. The van der Waals surface area contributed by atoms with Crippen molar-refractivity contribution in [2.45, 2.75) is 38.6 Å². The molecule has 6 nitrogen and oxygen atoms in total. The highest BCUT2D eigenvalue weighted by Crippen LogP contribution is 2.34. The lowest BCUT2D eigenvalue weighted by Gasteiger charge is -2.32. The van der Waals surface area contributed by atoms with Gasteiger partial charge in [-0.3, -0.25) is 9.59 Å². The Morgan fingerprint density at radius 2 is 2.00 bits per heavy atom. The highest BCUT2D eigenvalue weighted by molar-refractivity contribution is 7.12. The van der Waals surface area contributed by atoms with Crippen molar-refractivity contribution in [3.8, 4) is 0 Å². The Hall–Kier alpha value is -2.51. The number of carbonyl (C=O) groups is 2. The van der Waals surface area contributed by atoms with E-state index in [2.05, 4.69) is 31.2 Å². The first-order valence-corrected chi connectivity index (χ1v) is 11.7. The molecular weight excluding hydrogens is 410 g/mol. The Balaban J connectivity index is 1.56. The Kier molecular flexibility index (Phi) is 6.83. The van der Waals surface area contributed by atoms with Crippen molar-refractivity contribution in [1.29, 1.82) is 0 Å². The van der Waals surface area contributed by atoms with Gasteiger partial charge in [-0.25, -0.2) is 5.01 Å². The summed E-state index contributed by atoms with van der Waals surface area (Å²) in [4.78, 5) is 29.0. The number of rotatable bonds is 8. The van der Waals surface area contributed by atoms with Gasteiger partial charge in [0.2, 0.25) is 5.91 Å². The van der Waals surface area contributed by atoms with Gasteiger partial charge in [-0.15, -0.1) is 11.3 Å². The molecule has 7 heteroatoms. The van der Waals surface area contributed by atoms with E-state index in [1.165, 1.54) is 5.56 Å². The molecule has 164 valence electrons. The van der Waals surface area contributed by atoms with Crippen LogP contribution in [0, 0.1) is 12.8 Å². The zero-order chi connectivity index (χ0) is 21.8. The average Bonchev–Trinajstić information content (AvgIpc) is 3.40. The lowest BCUT2D eigenvalue weighted by molar-refractivity contribution is -0.146. The Labute approximate surface area is 187 Å². The first kappa shape index (κ1) is 21.7. The number of thiophene rings is 1. The van der Waals surface area contributed by atoms with Crippen molar-refractivity contribution >= 4 is 28.9 Å². The normalized spacial score (nSPS) is 18.6. The van der Waals surface area contributed by atoms with E-state index >= 15 is 0 Å². The number of hydrazone groups is 1. The predicted octanol–water partition coefficient (Wildman–Crippen LogP) is 4.01. The molecule has 1 aliphatic carbocycles. The van der Waals surface area contributed by atoms with Crippen LogP contribution in [0.15, 0.2) is 46.9 Å². The van der Waals surface area contributed by atoms with Gasteiger partial charge in [-0.2, -0.15) is 5.10 Å². The minimum absolute atomic E-state index is 0.0300. The molecule has 2 amide bonds. The molecule has 2 aromatic rings. The van der Waals surface area contributed by atoms with Crippen molar-refractivity contribution in [3.05, 3.63) is 57.8 Å². The van der Waals surface area contributed by atoms with Gasteiger partial charge < -0.3 is 9.64 Å². The molecule has 1 aliphatic heterocycles. The van der Waals surface area contributed by atoms with Crippen molar-refractivity contribution < 1.29 is 14.3 Å². The SMILES string of the molecule is COCCN(CC(=O)N1N=C(c2cccs2)C[C@@H]1c1ccc(C)cc1)C(=O)C1CCC1. The van der Waals surface area contributed by atoms with Crippen LogP contribution in [0.2, 0.25) is 0 Å². The van der Waals surface area contributed by atoms with Gasteiger partial charge in [-0.1, -0.05) is 42.3 Å². The maximum atomic E-state index is 13.4. The van der Waals surface area contributed by atoms with Gasteiger partial charge in [-0.05, 0) is 36.8 Å². The topological polar surface area (TPSA) is 62.2 Å². The summed E-state index contributed by atoms with van der Waals surface area (Å²) in [5, 5.41) is 8.34. The Bertz CT molecular complexity index is 935. The smallest absolute Gasteiger partial charge is 0.262 e. The van der Waals surface area contributed by atoms with Gasteiger partial charge in [0.25, 0.3) is 5.91 Å². The molecule has 0 radical (unpaired) electrons. The number of ether oxygens (including phenoxy) is 1. The fourth-order valence-electron chi connectivity index (χ4n) is 4.00. The molecule has 1 fully saturated rings. The van der Waals surface area contributed by atoms with E-state index in [-0.39, 0.29) is 30.3 Å². The number of amides is 2. The van der Waals surface area contributed by atoms with E-state index in [4.69, 9.17) is 9.84 Å². The zero-order valence-electron chi connectivity index (χ0n) is 18.1. The molecule has 4 rings (SSSR count). The van der Waals surface area contributed by atoms with Crippen molar-refractivity contribution in [2.24, 2.45) is 11.0 Å². The standard InChI is InChI=1S/C24H29N3O3S/c1-17-8-10-18(11-9-17)21-15-20(22-7-4-14-31-22)25-27(21)23(28)16-26(12-13-30-2)24(29)19-5-3-6-19/h4,7-11,14,19,21H,3,5-6,12-13,15-16H2,1-2H3/t21-/m1/s1. The van der Waals surface area contributed by atoms with E-state index < -0.39 is 0 Å². The number of carbonyl (C=O) groups excluding carboxylic acids is 2. The minimum atomic E-state index is -0.159. The fraction of sp³-hybridized carbons (Fsp3) is 0.458. The van der Waals surface area contributed by atoms with Crippen LogP contribution in [-0.2, 0) is 14.3 Å². The lowest BCUT2D eigenvalue weighted by atomic mass is 9.84. The van der Waals surface area contributed by atoms with Gasteiger partial charge in [0.1, 0.15) is 6.54 Å². The second-order valence-electron chi connectivity index (χ2n) is 8.27. The molecule has 2 aliphatic rings. The summed E-state index contributed by atoms with van der Waals surface area (Å²) < 4.78 is 5.18. The summed E-state index contributed by atoms with van der Waals surface area (Å²) in [6, 6.07) is 12.1. The second-order valence-corrected chi connectivity index (χ2v) is 9.22. The number of methoxy groups -OCH3 is 1. The molecule has 0 bridgehead atoms. The maximum Gasteiger partial charge on any atom is 0.262 e. The second kappa shape index (κ2) is 9.75. The van der Waals surface area contributed by atoms with Crippen molar-refractivity contribution in [2.75, 3.05) is 26.8 Å². The molecule has 2 heterocycles. The summed E-state index contributed by atoms with van der Waals surface area (Å²) in [5.74, 6) is -0.0487. The van der Waals surface area contributed by atoms with Crippen LogP contribution in [0.4, 0.5) is 0 Å². The third-order valence-electron chi connectivity index (χ3n) is 6.09. The maximum absolute atomic E-state index is 13.4. The van der Waals surface area contributed by atoms with E-state index in [9.17, 15) is 9.59 Å². The molecule has 0 saturated heterocycles. The van der Waals surface area contributed by atoms with E-state index in [0.29, 0.717) is 19.6 Å². The molecule has 0 unspecified atom stereocenters. The van der Waals surface area contributed by atoms with Crippen molar-refractivity contribution in [3.63, 3.8) is 0 Å². The zero-order valence-corrected chi connectivity index (χ0v) is 18.9. The van der Waals surface area contributed by atoms with Gasteiger partial charge in [0, 0.05) is 26.0 Å². The van der Waals surface area contributed by atoms with E-state index in [1.54, 1.807) is 28.4 Å². The van der Waals surface area contributed by atoms with Crippen LogP contribution in [0.3, 0.4) is 0 Å². The third kappa shape index (κ3) is 4.88. The summed E-state index contributed by atoms with van der Waals surface area (Å²) in [6.45, 7) is 2.91. The highest BCUT2D eigenvalue weighted by Gasteiger charge is 2.36. The number of nitrogens with zero attached hydrogens (tertiary/aromatic N) is 3. The van der Waals surface area contributed by atoms with Crippen LogP contribution < -0.4 is 0 Å². The summed E-state index contributed by atoms with van der Waals surface area (Å²) in [6.07, 6.45) is 3.57. The number of hydrogen-bond donors (Lipinski definition) is 0. The minimum Gasteiger partial charge on any atom is -0.383 e.